The number of para-hydroxylation sites is 1. The SMILES string of the molecule is Cn1c(=O)n(C)c2cc(C=Nc3sc4c(c3C(=O)Nc3ccccc3)CC[C@@H](C(C)(C)C)C4)ccc21. The summed E-state index contributed by atoms with van der Waals surface area (Å²) in [5.74, 6) is 0.466. The summed E-state index contributed by atoms with van der Waals surface area (Å²) in [7, 11) is 3.55. The third-order valence-electron chi connectivity index (χ3n) is 7.36. The molecule has 5 rings (SSSR count). The Bertz CT molecular complexity index is 1530. The molecular weight excluding hydrogens is 468 g/mol. The molecule has 0 saturated heterocycles. The van der Waals surface area contributed by atoms with Gasteiger partial charge in [-0.1, -0.05) is 45.0 Å². The zero-order valence-corrected chi connectivity index (χ0v) is 22.3. The van der Waals surface area contributed by atoms with Gasteiger partial charge in [0.2, 0.25) is 0 Å². The minimum Gasteiger partial charge on any atom is -0.322 e. The molecule has 2 heterocycles. The van der Waals surface area contributed by atoms with Crippen molar-refractivity contribution in [1.29, 1.82) is 0 Å². The van der Waals surface area contributed by atoms with Crippen LogP contribution >= 0.6 is 11.3 Å². The van der Waals surface area contributed by atoms with Crippen LogP contribution in [0.3, 0.4) is 0 Å². The minimum atomic E-state index is -0.110. The Kier molecular flexibility index (Phi) is 6.20. The first-order valence-corrected chi connectivity index (χ1v) is 13.2. The van der Waals surface area contributed by atoms with Crippen molar-refractivity contribution in [2.24, 2.45) is 30.4 Å². The number of aliphatic imine (C=N–C) groups is 1. The molecule has 186 valence electrons. The molecule has 0 radical (unpaired) electrons. The molecule has 0 unspecified atom stereocenters. The lowest BCUT2D eigenvalue weighted by atomic mass is 9.72. The van der Waals surface area contributed by atoms with Gasteiger partial charge in [-0.25, -0.2) is 9.79 Å². The maximum atomic E-state index is 13.5. The summed E-state index contributed by atoms with van der Waals surface area (Å²) in [6.07, 6.45) is 4.73. The van der Waals surface area contributed by atoms with Gasteiger partial charge in [0.25, 0.3) is 5.91 Å². The summed E-state index contributed by atoms with van der Waals surface area (Å²) in [6.45, 7) is 6.89. The van der Waals surface area contributed by atoms with Crippen LogP contribution in [0, 0.1) is 11.3 Å². The number of carbonyl (C=O) groups is 1. The van der Waals surface area contributed by atoms with Crippen molar-refractivity contribution in [2.75, 3.05) is 5.32 Å². The van der Waals surface area contributed by atoms with E-state index in [1.807, 2.05) is 48.5 Å². The molecule has 4 aromatic rings. The average molecular weight is 501 g/mol. The molecular formula is C29H32N4O2S. The van der Waals surface area contributed by atoms with Crippen molar-refractivity contribution in [3.8, 4) is 0 Å². The van der Waals surface area contributed by atoms with E-state index in [4.69, 9.17) is 4.99 Å². The van der Waals surface area contributed by atoms with Crippen molar-refractivity contribution in [3.05, 3.63) is 80.6 Å². The van der Waals surface area contributed by atoms with Crippen molar-refractivity contribution in [2.45, 2.75) is 40.0 Å². The van der Waals surface area contributed by atoms with E-state index >= 15 is 0 Å². The topological polar surface area (TPSA) is 68.4 Å². The first-order chi connectivity index (χ1) is 17.1. The molecule has 0 aliphatic heterocycles. The second kappa shape index (κ2) is 9.21. The van der Waals surface area contributed by atoms with E-state index in [9.17, 15) is 9.59 Å². The lowest BCUT2D eigenvalue weighted by molar-refractivity contribution is 0.102. The molecule has 1 aliphatic carbocycles. The fourth-order valence-corrected chi connectivity index (χ4v) is 6.36. The first kappa shape index (κ1) is 24.3. The molecule has 36 heavy (non-hydrogen) atoms. The number of hydrogen-bond acceptors (Lipinski definition) is 4. The van der Waals surface area contributed by atoms with Crippen molar-refractivity contribution < 1.29 is 4.79 Å². The summed E-state index contributed by atoms with van der Waals surface area (Å²) >= 11 is 1.64. The second-order valence-electron chi connectivity index (χ2n) is 10.7. The zero-order valence-electron chi connectivity index (χ0n) is 21.5. The number of imidazole rings is 1. The molecule has 1 atom stereocenters. The second-order valence-corrected chi connectivity index (χ2v) is 11.8. The van der Waals surface area contributed by atoms with Gasteiger partial charge < -0.3 is 5.32 Å². The van der Waals surface area contributed by atoms with Crippen LogP contribution < -0.4 is 11.0 Å². The van der Waals surface area contributed by atoms with Gasteiger partial charge in [0.05, 0.1) is 16.6 Å². The predicted octanol–water partition coefficient (Wildman–Crippen LogP) is 6.09. The number of anilines is 1. The molecule has 1 aliphatic rings. The van der Waals surface area contributed by atoms with E-state index in [1.54, 1.807) is 40.8 Å². The van der Waals surface area contributed by atoms with Crippen LogP contribution in [0.15, 0.2) is 58.3 Å². The highest BCUT2D eigenvalue weighted by atomic mass is 32.1. The molecule has 7 heteroatoms. The van der Waals surface area contributed by atoms with E-state index in [-0.39, 0.29) is 17.0 Å². The molecule has 0 bridgehead atoms. The summed E-state index contributed by atoms with van der Waals surface area (Å²) in [6, 6.07) is 15.4. The molecule has 2 aromatic heterocycles. The standard InChI is InChI=1S/C29H32N4O2S/c1-29(2,3)19-12-13-21-24(16-19)36-27(25(21)26(34)31-20-9-7-6-8-10-20)30-17-18-11-14-22-23(15-18)33(5)28(35)32(22)4/h6-11,14-15,17,19H,12-13,16H2,1-5H3,(H,31,34)/t19-/m1/s1. The van der Waals surface area contributed by atoms with E-state index in [2.05, 4.69) is 26.1 Å². The number of carbonyl (C=O) groups excluding carboxylic acids is 1. The monoisotopic (exact) mass is 500 g/mol. The van der Waals surface area contributed by atoms with E-state index in [1.165, 1.54) is 4.88 Å². The van der Waals surface area contributed by atoms with Crippen LogP contribution in [-0.4, -0.2) is 21.3 Å². The Labute approximate surface area is 215 Å². The van der Waals surface area contributed by atoms with Gasteiger partial charge in [-0.3, -0.25) is 13.9 Å². The highest BCUT2D eigenvalue weighted by molar-refractivity contribution is 7.16. The van der Waals surface area contributed by atoms with Crippen LogP contribution in [-0.2, 0) is 26.9 Å². The number of rotatable bonds is 4. The van der Waals surface area contributed by atoms with Gasteiger partial charge in [0.15, 0.2) is 0 Å². The normalized spacial score (nSPS) is 16.0. The van der Waals surface area contributed by atoms with Gasteiger partial charge in [0, 0.05) is 30.9 Å². The van der Waals surface area contributed by atoms with Crippen LogP contribution in [0.1, 0.15) is 53.6 Å². The minimum absolute atomic E-state index is 0.0571. The summed E-state index contributed by atoms with van der Waals surface area (Å²) in [5, 5.41) is 3.81. The largest absolute Gasteiger partial charge is 0.328 e. The molecule has 1 N–H and O–H groups in total. The molecule has 6 nitrogen and oxygen atoms in total. The number of fused-ring (bicyclic) bond motifs is 2. The number of aromatic nitrogens is 2. The molecule has 0 spiro atoms. The Morgan fingerprint density at radius 1 is 1.08 bits per heavy atom. The van der Waals surface area contributed by atoms with Gasteiger partial charge in [-0.2, -0.15) is 0 Å². The summed E-state index contributed by atoms with van der Waals surface area (Å²) < 4.78 is 3.28. The predicted molar refractivity (Wildman–Crippen MR) is 149 cm³/mol. The number of thiophene rings is 1. The average Bonchev–Trinajstić information content (AvgIpc) is 3.33. The molecule has 0 saturated carbocycles. The van der Waals surface area contributed by atoms with Gasteiger partial charge in [-0.15, -0.1) is 11.3 Å². The number of amides is 1. The van der Waals surface area contributed by atoms with Crippen molar-refractivity contribution in [3.63, 3.8) is 0 Å². The smallest absolute Gasteiger partial charge is 0.322 e. The molecule has 1 amide bonds. The fraction of sp³-hybridized carbons (Fsp3) is 0.345. The molecule has 0 fully saturated rings. The Morgan fingerprint density at radius 3 is 2.53 bits per heavy atom. The maximum Gasteiger partial charge on any atom is 0.328 e. The third kappa shape index (κ3) is 4.44. The Balaban J connectivity index is 1.53. The number of benzene rings is 2. The number of hydrogen-bond donors (Lipinski definition) is 1. The van der Waals surface area contributed by atoms with E-state index < -0.39 is 0 Å². The van der Waals surface area contributed by atoms with Gasteiger partial charge in [0.1, 0.15) is 5.00 Å². The summed E-state index contributed by atoms with van der Waals surface area (Å²) in [5.41, 5.74) is 5.39. The number of nitrogens with one attached hydrogen (secondary N) is 1. The first-order valence-electron chi connectivity index (χ1n) is 12.3. The Morgan fingerprint density at radius 2 is 1.81 bits per heavy atom. The van der Waals surface area contributed by atoms with E-state index in [0.29, 0.717) is 11.5 Å². The van der Waals surface area contributed by atoms with Crippen molar-refractivity contribution >= 4 is 45.2 Å². The lowest BCUT2D eigenvalue weighted by Crippen LogP contribution is -2.27. The summed E-state index contributed by atoms with van der Waals surface area (Å²) in [4.78, 5) is 31.9. The van der Waals surface area contributed by atoms with Crippen LogP contribution in [0.2, 0.25) is 0 Å². The number of nitrogens with zero attached hydrogens (tertiary/aromatic N) is 3. The van der Waals surface area contributed by atoms with Crippen molar-refractivity contribution in [1.82, 2.24) is 9.13 Å². The Hall–Kier alpha value is -3.45. The van der Waals surface area contributed by atoms with Crippen LogP contribution in [0.4, 0.5) is 10.7 Å². The fourth-order valence-electron chi connectivity index (χ4n) is 5.09. The number of aryl methyl sites for hydroxylation is 2. The van der Waals surface area contributed by atoms with Gasteiger partial charge in [-0.05, 0) is 66.0 Å². The van der Waals surface area contributed by atoms with Crippen LogP contribution in [0.5, 0.6) is 0 Å². The maximum absolute atomic E-state index is 13.5. The third-order valence-corrected chi connectivity index (χ3v) is 8.52. The van der Waals surface area contributed by atoms with Crippen LogP contribution in [0.25, 0.3) is 11.0 Å². The highest BCUT2D eigenvalue weighted by Crippen LogP contribution is 2.45. The molecule has 2 aromatic carbocycles. The van der Waals surface area contributed by atoms with E-state index in [0.717, 1.165) is 52.1 Å². The highest BCUT2D eigenvalue weighted by Gasteiger charge is 2.33. The van der Waals surface area contributed by atoms with Gasteiger partial charge >= 0.3 is 5.69 Å². The zero-order chi connectivity index (χ0) is 25.6. The lowest BCUT2D eigenvalue weighted by Gasteiger charge is -2.33. The quantitative estimate of drug-likeness (QED) is 0.345.